The molecule has 0 amide bonds. The summed E-state index contributed by atoms with van der Waals surface area (Å²) in [6, 6.07) is 0. The molecule has 0 aliphatic rings. The summed E-state index contributed by atoms with van der Waals surface area (Å²) in [4.78, 5) is 35.6. The Morgan fingerprint density at radius 1 is 0.419 bits per heavy atom. The number of esters is 2. The molecule has 0 aliphatic carbocycles. The monoisotopic (exact) mass is 1070 g/mol. The van der Waals surface area contributed by atoms with Gasteiger partial charge in [-0.25, -0.2) is 4.57 Å². The second kappa shape index (κ2) is 56.2. The summed E-state index contributed by atoms with van der Waals surface area (Å²) in [5.74, 6) is -0.799. The molecule has 0 fully saturated rings. The van der Waals surface area contributed by atoms with Crippen LogP contribution >= 0.6 is 7.82 Å². The molecular formula is C64H125NO8P+. The molecule has 0 aromatic heterocycles. The maximum absolute atomic E-state index is 12.8. The predicted molar refractivity (Wildman–Crippen MR) is 317 cm³/mol. The average molecular weight is 1070 g/mol. The first-order chi connectivity index (χ1) is 36.0. The van der Waals surface area contributed by atoms with Crippen LogP contribution in [-0.4, -0.2) is 74.9 Å². The van der Waals surface area contributed by atoms with Crippen molar-refractivity contribution in [2.45, 2.75) is 328 Å². The van der Waals surface area contributed by atoms with E-state index < -0.39 is 26.5 Å². The highest BCUT2D eigenvalue weighted by Crippen LogP contribution is 2.43. The summed E-state index contributed by atoms with van der Waals surface area (Å²) in [7, 11) is 1.48. The number of unbranched alkanes of at least 4 members (excludes halogenated alkanes) is 42. The first-order valence-electron chi connectivity index (χ1n) is 32.1. The summed E-state index contributed by atoms with van der Waals surface area (Å²) in [6.45, 7) is 4.42. The Hall–Kier alpha value is -1.51. The molecule has 0 saturated carbocycles. The van der Waals surface area contributed by atoms with Gasteiger partial charge in [0.25, 0.3) is 0 Å². The van der Waals surface area contributed by atoms with E-state index in [-0.39, 0.29) is 25.6 Å². The van der Waals surface area contributed by atoms with E-state index in [0.29, 0.717) is 23.9 Å². The van der Waals surface area contributed by atoms with Crippen molar-refractivity contribution in [3.05, 3.63) is 24.3 Å². The topological polar surface area (TPSA) is 108 Å². The molecule has 0 rings (SSSR count). The van der Waals surface area contributed by atoms with Crippen LogP contribution in [0.1, 0.15) is 322 Å². The molecule has 1 N–H and O–H groups in total. The number of carbonyl (C=O) groups excluding carboxylic acids is 2. The van der Waals surface area contributed by atoms with Crippen LogP contribution in [-0.2, 0) is 32.7 Å². The fraction of sp³-hybridized carbons (Fsp3) is 0.906. The molecule has 2 unspecified atom stereocenters. The lowest BCUT2D eigenvalue weighted by Gasteiger charge is -2.24. The number of phosphoric acid groups is 1. The highest BCUT2D eigenvalue weighted by atomic mass is 31.2. The molecule has 0 aliphatic heterocycles. The number of phosphoric ester groups is 1. The molecular weight excluding hydrogens is 942 g/mol. The summed E-state index contributed by atoms with van der Waals surface area (Å²) in [5, 5.41) is 0. The smallest absolute Gasteiger partial charge is 0.462 e. The van der Waals surface area contributed by atoms with Gasteiger partial charge < -0.3 is 18.9 Å². The van der Waals surface area contributed by atoms with Crippen LogP contribution in [0.5, 0.6) is 0 Å². The highest BCUT2D eigenvalue weighted by Gasteiger charge is 2.27. The van der Waals surface area contributed by atoms with Crippen LogP contribution in [0.2, 0.25) is 0 Å². The van der Waals surface area contributed by atoms with Crippen molar-refractivity contribution in [3.8, 4) is 0 Å². The van der Waals surface area contributed by atoms with Gasteiger partial charge in [-0.3, -0.25) is 18.6 Å². The predicted octanol–water partition coefficient (Wildman–Crippen LogP) is 20.2. The Bertz CT molecular complexity index is 1300. The standard InChI is InChI=1S/C64H124NO8P/c1-6-8-10-12-14-16-18-20-22-23-24-25-26-27-28-29-30-31-32-33-34-35-36-37-38-39-40-41-42-43-45-46-48-50-52-54-56-63(66)70-60-62(61-72-74(68,69)71-59-58-65(3,4)5)73-64(67)57-55-53-51-49-47-44-21-19-17-15-13-11-9-7-2/h13,15,19,21,62H,6-12,14,16-18,20,22-61H2,1-5H3/p+1/b15-13-,21-19-. The van der Waals surface area contributed by atoms with Gasteiger partial charge in [-0.1, -0.05) is 295 Å². The SMILES string of the molecule is CCCC/C=C\C/C=C\CCCCCCCC(=O)OC(COC(=O)CCCCCCCCCCCCCCCCCCCCCCCCCCCCCCCCCCCCCC)COP(=O)(O)OCC[N+](C)(C)C. The highest BCUT2D eigenvalue weighted by molar-refractivity contribution is 7.47. The Balaban J connectivity index is 3.87. The lowest BCUT2D eigenvalue weighted by atomic mass is 10.0. The third-order valence-corrected chi connectivity index (χ3v) is 15.5. The van der Waals surface area contributed by atoms with Gasteiger partial charge in [-0.2, -0.15) is 0 Å². The maximum atomic E-state index is 12.8. The van der Waals surface area contributed by atoms with Crippen molar-refractivity contribution in [3.63, 3.8) is 0 Å². The fourth-order valence-corrected chi connectivity index (χ4v) is 10.2. The second-order valence-electron chi connectivity index (χ2n) is 23.2. The number of ether oxygens (including phenoxy) is 2. The van der Waals surface area contributed by atoms with Gasteiger partial charge in [-0.05, 0) is 38.5 Å². The lowest BCUT2D eigenvalue weighted by Crippen LogP contribution is -2.37. The van der Waals surface area contributed by atoms with Crippen molar-refractivity contribution in [1.29, 1.82) is 0 Å². The van der Waals surface area contributed by atoms with E-state index in [1.54, 1.807) is 0 Å². The third-order valence-electron chi connectivity index (χ3n) is 14.5. The number of allylic oxidation sites excluding steroid dienone is 4. The minimum atomic E-state index is -4.38. The van der Waals surface area contributed by atoms with E-state index in [9.17, 15) is 19.0 Å². The van der Waals surface area contributed by atoms with Gasteiger partial charge in [-0.15, -0.1) is 0 Å². The minimum Gasteiger partial charge on any atom is -0.462 e. The number of hydrogen-bond donors (Lipinski definition) is 1. The zero-order valence-electron chi connectivity index (χ0n) is 49.9. The molecule has 0 bridgehead atoms. The number of likely N-dealkylation sites (N-methyl/N-ethyl adjacent to an activating group) is 1. The first-order valence-corrected chi connectivity index (χ1v) is 33.6. The molecule has 0 heterocycles. The number of quaternary nitrogens is 1. The maximum Gasteiger partial charge on any atom is 0.472 e. The molecule has 0 saturated heterocycles. The lowest BCUT2D eigenvalue weighted by molar-refractivity contribution is -0.870. The quantitative estimate of drug-likeness (QED) is 0.0211. The summed E-state index contributed by atoms with van der Waals surface area (Å²) in [6.07, 6.45) is 68.7. The Kier molecular flexibility index (Phi) is 55.1. The van der Waals surface area contributed by atoms with Gasteiger partial charge in [0.15, 0.2) is 6.10 Å². The Morgan fingerprint density at radius 3 is 1.11 bits per heavy atom. The second-order valence-corrected chi connectivity index (χ2v) is 24.6. The summed E-state index contributed by atoms with van der Waals surface area (Å²) >= 11 is 0. The molecule has 0 spiro atoms. The molecule has 9 nitrogen and oxygen atoms in total. The van der Waals surface area contributed by atoms with Crippen molar-refractivity contribution >= 4 is 19.8 Å². The molecule has 0 aromatic carbocycles. The molecule has 0 aromatic rings. The van der Waals surface area contributed by atoms with Gasteiger partial charge in [0.2, 0.25) is 0 Å². The Labute approximate surface area is 459 Å². The van der Waals surface area contributed by atoms with Crippen LogP contribution in [0, 0.1) is 0 Å². The summed E-state index contributed by atoms with van der Waals surface area (Å²) in [5.41, 5.74) is 0. The van der Waals surface area contributed by atoms with Crippen molar-refractivity contribution < 1.29 is 42.1 Å². The minimum absolute atomic E-state index is 0.0310. The fourth-order valence-electron chi connectivity index (χ4n) is 9.51. The molecule has 0 radical (unpaired) electrons. The van der Waals surface area contributed by atoms with E-state index in [0.717, 1.165) is 64.2 Å². The largest absolute Gasteiger partial charge is 0.472 e. The van der Waals surface area contributed by atoms with Gasteiger partial charge >= 0.3 is 19.8 Å². The zero-order chi connectivity index (χ0) is 54.2. The molecule has 10 heteroatoms. The van der Waals surface area contributed by atoms with Gasteiger partial charge in [0.1, 0.15) is 19.8 Å². The van der Waals surface area contributed by atoms with Crippen molar-refractivity contribution in [2.24, 2.45) is 0 Å². The Morgan fingerprint density at radius 2 is 0.743 bits per heavy atom. The van der Waals surface area contributed by atoms with Crippen molar-refractivity contribution in [2.75, 3.05) is 47.5 Å². The van der Waals surface area contributed by atoms with Crippen LogP contribution in [0.15, 0.2) is 24.3 Å². The van der Waals surface area contributed by atoms with E-state index in [2.05, 4.69) is 38.2 Å². The zero-order valence-corrected chi connectivity index (χ0v) is 50.8. The van der Waals surface area contributed by atoms with Gasteiger partial charge in [0.05, 0.1) is 27.7 Å². The third kappa shape index (κ3) is 59.7. The number of rotatable bonds is 60. The number of nitrogens with zero attached hydrogens (tertiary/aromatic N) is 1. The van der Waals surface area contributed by atoms with Crippen molar-refractivity contribution in [1.82, 2.24) is 0 Å². The molecule has 438 valence electrons. The van der Waals surface area contributed by atoms with Gasteiger partial charge in [0, 0.05) is 12.8 Å². The molecule has 74 heavy (non-hydrogen) atoms. The van der Waals surface area contributed by atoms with Crippen LogP contribution < -0.4 is 0 Å². The molecule has 2 atom stereocenters. The van der Waals surface area contributed by atoms with E-state index in [1.165, 1.54) is 225 Å². The average Bonchev–Trinajstić information content (AvgIpc) is 3.36. The number of hydrogen-bond acceptors (Lipinski definition) is 7. The normalized spacial score (nSPS) is 13.3. The van der Waals surface area contributed by atoms with E-state index in [4.69, 9.17) is 18.5 Å². The van der Waals surface area contributed by atoms with E-state index in [1.807, 2.05) is 21.1 Å². The van der Waals surface area contributed by atoms with Crippen LogP contribution in [0.4, 0.5) is 0 Å². The number of carbonyl (C=O) groups is 2. The van der Waals surface area contributed by atoms with Crippen LogP contribution in [0.3, 0.4) is 0 Å². The van der Waals surface area contributed by atoms with Crippen LogP contribution in [0.25, 0.3) is 0 Å². The summed E-state index contributed by atoms with van der Waals surface area (Å²) < 4.78 is 34.5. The first kappa shape index (κ1) is 72.5. The van der Waals surface area contributed by atoms with E-state index >= 15 is 0 Å².